The van der Waals surface area contributed by atoms with E-state index in [1.54, 1.807) is 14.0 Å². The third-order valence-electron chi connectivity index (χ3n) is 4.56. The van der Waals surface area contributed by atoms with Crippen molar-refractivity contribution in [3.05, 3.63) is 29.8 Å². The van der Waals surface area contributed by atoms with E-state index < -0.39 is 17.4 Å². The van der Waals surface area contributed by atoms with Gasteiger partial charge in [0.2, 0.25) is 11.8 Å². The lowest BCUT2D eigenvalue weighted by molar-refractivity contribution is -0.131. The van der Waals surface area contributed by atoms with Crippen molar-refractivity contribution in [1.29, 1.82) is 0 Å². The van der Waals surface area contributed by atoms with Gasteiger partial charge in [0.05, 0.1) is 12.5 Å². The summed E-state index contributed by atoms with van der Waals surface area (Å²) in [4.78, 5) is 24.1. The number of methoxy groups -OCH3 is 1. The first-order valence-corrected chi connectivity index (χ1v) is 7.74. The maximum absolute atomic E-state index is 12.8. The maximum Gasteiger partial charge on any atom is 0.239 e. The fourth-order valence-corrected chi connectivity index (χ4v) is 3.12. The zero-order chi connectivity index (χ0) is 16.2. The Hall–Kier alpha value is -2.04. The van der Waals surface area contributed by atoms with E-state index in [9.17, 15) is 9.59 Å². The molecule has 1 unspecified atom stereocenters. The molecule has 2 amide bonds. The fraction of sp³-hybridized carbons (Fsp3) is 0.529. The van der Waals surface area contributed by atoms with Crippen molar-refractivity contribution in [2.24, 2.45) is 5.73 Å². The van der Waals surface area contributed by atoms with Crippen LogP contribution in [0.4, 0.5) is 0 Å². The number of hydrogen-bond acceptors (Lipinski definition) is 3. The van der Waals surface area contributed by atoms with Crippen molar-refractivity contribution in [2.75, 3.05) is 7.11 Å². The van der Waals surface area contributed by atoms with Crippen LogP contribution in [0.15, 0.2) is 24.3 Å². The van der Waals surface area contributed by atoms with E-state index >= 15 is 0 Å². The van der Waals surface area contributed by atoms with Gasteiger partial charge < -0.3 is 15.8 Å². The van der Waals surface area contributed by atoms with Gasteiger partial charge in [0, 0.05) is 0 Å². The second-order valence-electron chi connectivity index (χ2n) is 5.97. The number of ether oxygens (including phenoxy) is 1. The first-order valence-electron chi connectivity index (χ1n) is 7.74. The highest BCUT2D eigenvalue weighted by Crippen LogP contribution is 2.40. The molecule has 0 saturated heterocycles. The monoisotopic (exact) mass is 304 g/mol. The predicted octanol–water partition coefficient (Wildman–Crippen LogP) is 1.89. The molecular weight excluding hydrogens is 280 g/mol. The third kappa shape index (κ3) is 3.24. The Bertz CT molecular complexity index is 533. The van der Waals surface area contributed by atoms with Crippen molar-refractivity contribution in [2.45, 2.75) is 50.5 Å². The van der Waals surface area contributed by atoms with E-state index in [-0.39, 0.29) is 5.91 Å². The van der Waals surface area contributed by atoms with Crippen LogP contribution in [0.3, 0.4) is 0 Å². The molecule has 5 nitrogen and oxygen atoms in total. The molecule has 0 aliphatic heterocycles. The van der Waals surface area contributed by atoms with Crippen LogP contribution < -0.4 is 15.8 Å². The molecule has 0 spiro atoms. The Balaban J connectivity index is 2.30. The van der Waals surface area contributed by atoms with Crippen LogP contribution in [0.25, 0.3) is 0 Å². The normalized spacial score (nSPS) is 18.3. The zero-order valence-electron chi connectivity index (χ0n) is 13.2. The van der Waals surface area contributed by atoms with E-state index in [2.05, 4.69) is 5.32 Å². The lowest BCUT2D eigenvalue weighted by Gasteiger charge is -2.37. The average molecular weight is 304 g/mol. The van der Waals surface area contributed by atoms with Crippen LogP contribution in [0.5, 0.6) is 5.75 Å². The number of primary amides is 1. The molecule has 0 heterocycles. The number of carbonyl (C=O) groups excluding carboxylic acids is 2. The third-order valence-corrected chi connectivity index (χ3v) is 4.56. The van der Waals surface area contributed by atoms with Crippen LogP contribution in [0, 0.1) is 0 Å². The van der Waals surface area contributed by atoms with Gasteiger partial charge in [-0.2, -0.15) is 0 Å². The van der Waals surface area contributed by atoms with Gasteiger partial charge in [0.25, 0.3) is 0 Å². The number of rotatable bonds is 5. The quantitative estimate of drug-likeness (QED) is 0.871. The summed E-state index contributed by atoms with van der Waals surface area (Å²) >= 11 is 0. The predicted molar refractivity (Wildman–Crippen MR) is 84.6 cm³/mol. The molecule has 1 saturated carbocycles. The molecule has 1 fully saturated rings. The van der Waals surface area contributed by atoms with Gasteiger partial charge in [0.1, 0.15) is 11.8 Å². The smallest absolute Gasteiger partial charge is 0.239 e. The molecule has 0 radical (unpaired) electrons. The molecule has 1 aromatic rings. The number of amides is 2. The Morgan fingerprint density at radius 1 is 1.18 bits per heavy atom. The van der Waals surface area contributed by atoms with Gasteiger partial charge >= 0.3 is 0 Å². The van der Waals surface area contributed by atoms with Gasteiger partial charge in [0.15, 0.2) is 0 Å². The average Bonchev–Trinajstić information content (AvgIpc) is 2.55. The van der Waals surface area contributed by atoms with Crippen molar-refractivity contribution in [3.63, 3.8) is 0 Å². The van der Waals surface area contributed by atoms with Crippen molar-refractivity contribution in [3.8, 4) is 5.75 Å². The van der Waals surface area contributed by atoms with Gasteiger partial charge in [-0.15, -0.1) is 0 Å². The van der Waals surface area contributed by atoms with Crippen molar-refractivity contribution < 1.29 is 14.3 Å². The minimum absolute atomic E-state index is 0.108. The van der Waals surface area contributed by atoms with Gasteiger partial charge in [-0.05, 0) is 37.5 Å². The molecule has 1 aliphatic carbocycles. The van der Waals surface area contributed by atoms with Gasteiger partial charge in [-0.3, -0.25) is 9.59 Å². The zero-order valence-corrected chi connectivity index (χ0v) is 13.2. The van der Waals surface area contributed by atoms with Crippen LogP contribution in [-0.4, -0.2) is 25.0 Å². The van der Waals surface area contributed by atoms with Crippen molar-refractivity contribution >= 4 is 11.8 Å². The highest BCUT2D eigenvalue weighted by molar-refractivity contribution is 5.92. The van der Waals surface area contributed by atoms with Crippen LogP contribution in [0.2, 0.25) is 0 Å². The van der Waals surface area contributed by atoms with Crippen LogP contribution in [-0.2, 0) is 15.0 Å². The highest BCUT2D eigenvalue weighted by Gasteiger charge is 2.41. The van der Waals surface area contributed by atoms with Crippen LogP contribution in [0.1, 0.15) is 44.6 Å². The molecule has 120 valence electrons. The Labute approximate surface area is 131 Å². The second-order valence-corrected chi connectivity index (χ2v) is 5.97. The number of nitrogens with one attached hydrogen (secondary N) is 1. The minimum Gasteiger partial charge on any atom is -0.497 e. The Kier molecular flexibility index (Phi) is 5.06. The molecule has 1 aromatic carbocycles. The largest absolute Gasteiger partial charge is 0.497 e. The van der Waals surface area contributed by atoms with Crippen LogP contribution >= 0.6 is 0 Å². The summed E-state index contributed by atoms with van der Waals surface area (Å²) in [5.74, 6) is 0.137. The Morgan fingerprint density at radius 3 is 2.27 bits per heavy atom. The summed E-state index contributed by atoms with van der Waals surface area (Å²) in [7, 11) is 1.62. The van der Waals surface area contributed by atoms with E-state index in [4.69, 9.17) is 10.5 Å². The molecule has 1 atom stereocenters. The Morgan fingerprint density at radius 2 is 1.77 bits per heavy atom. The molecule has 22 heavy (non-hydrogen) atoms. The lowest BCUT2D eigenvalue weighted by atomic mass is 9.68. The fourth-order valence-electron chi connectivity index (χ4n) is 3.12. The molecule has 5 heteroatoms. The van der Waals surface area contributed by atoms with E-state index in [0.29, 0.717) is 0 Å². The van der Waals surface area contributed by atoms with Gasteiger partial charge in [-0.1, -0.05) is 31.4 Å². The summed E-state index contributed by atoms with van der Waals surface area (Å²) in [5, 5.41) is 2.77. The molecule has 3 N–H and O–H groups in total. The summed E-state index contributed by atoms with van der Waals surface area (Å²) in [6.45, 7) is 1.62. The molecule has 2 rings (SSSR count). The number of carbonyl (C=O) groups is 2. The molecule has 0 bridgehead atoms. The summed E-state index contributed by atoms with van der Waals surface area (Å²) in [5.41, 5.74) is 5.66. The molecular formula is C17H24N2O3. The SMILES string of the molecule is COc1ccc(C2(C(=O)NC(C)C(N)=O)CCCCC2)cc1. The standard InChI is InChI=1S/C17H24N2O3/c1-12(15(18)20)19-16(21)17(10-4-3-5-11-17)13-6-8-14(22-2)9-7-13/h6-9,12H,3-5,10-11H2,1-2H3,(H2,18,20)(H,19,21). The highest BCUT2D eigenvalue weighted by atomic mass is 16.5. The first kappa shape index (κ1) is 16.3. The van der Waals surface area contributed by atoms with E-state index in [1.807, 2.05) is 24.3 Å². The first-order chi connectivity index (χ1) is 10.5. The summed E-state index contributed by atoms with van der Waals surface area (Å²) < 4.78 is 5.18. The van der Waals surface area contributed by atoms with E-state index in [0.717, 1.165) is 43.4 Å². The van der Waals surface area contributed by atoms with Gasteiger partial charge in [-0.25, -0.2) is 0 Å². The lowest BCUT2D eigenvalue weighted by Crippen LogP contribution is -2.51. The summed E-state index contributed by atoms with van der Waals surface area (Å²) in [6, 6.07) is 6.97. The summed E-state index contributed by atoms with van der Waals surface area (Å²) in [6.07, 6.45) is 4.72. The number of benzene rings is 1. The molecule has 0 aromatic heterocycles. The van der Waals surface area contributed by atoms with Crippen molar-refractivity contribution in [1.82, 2.24) is 5.32 Å². The van der Waals surface area contributed by atoms with E-state index in [1.165, 1.54) is 0 Å². The topological polar surface area (TPSA) is 81.4 Å². The maximum atomic E-state index is 12.8. The number of hydrogen-bond donors (Lipinski definition) is 2. The number of nitrogens with two attached hydrogens (primary N) is 1. The molecule has 1 aliphatic rings. The minimum atomic E-state index is -0.662. The second kappa shape index (κ2) is 6.81.